The fourth-order valence-electron chi connectivity index (χ4n) is 2.34. The van der Waals surface area contributed by atoms with E-state index >= 15 is 0 Å². The van der Waals surface area contributed by atoms with Gasteiger partial charge in [-0.2, -0.15) is 5.10 Å². The van der Waals surface area contributed by atoms with Crippen LogP contribution in [0.2, 0.25) is 0 Å². The number of nitrogens with one attached hydrogen (secondary N) is 1. The molecule has 0 saturated carbocycles. The van der Waals surface area contributed by atoms with E-state index in [0.717, 1.165) is 30.4 Å². The van der Waals surface area contributed by atoms with Crippen LogP contribution in [-0.2, 0) is 13.6 Å². The normalized spacial score (nSPS) is 12.9. The van der Waals surface area contributed by atoms with Crippen LogP contribution < -0.4 is 10.1 Å². The van der Waals surface area contributed by atoms with Crippen LogP contribution in [0.1, 0.15) is 17.6 Å². The number of ether oxygens (including phenoxy) is 1. The van der Waals surface area contributed by atoms with Crippen molar-refractivity contribution >= 4 is 0 Å². The highest BCUT2D eigenvalue weighted by Crippen LogP contribution is 2.28. The minimum absolute atomic E-state index is 0.0652. The van der Waals surface area contributed by atoms with Gasteiger partial charge in [-0.25, -0.2) is 4.98 Å². The number of likely N-dealkylation sites (N-methyl/N-ethyl adjacent to an activating group) is 1. The van der Waals surface area contributed by atoms with E-state index in [2.05, 4.69) is 34.4 Å². The molecule has 0 saturated heterocycles. The minimum atomic E-state index is -0.0652. The number of rotatable bonds is 7. The molecule has 0 spiro atoms. The van der Waals surface area contributed by atoms with Crippen LogP contribution in [0.3, 0.4) is 0 Å². The molecule has 7 heteroatoms. The number of hydrogen-bond acceptors (Lipinski definition) is 5. The molecule has 116 valence electrons. The second-order valence-corrected chi connectivity index (χ2v) is 5.24. The molecule has 2 heterocycles. The Morgan fingerprint density at radius 2 is 2.19 bits per heavy atom. The molecule has 2 rings (SSSR count). The van der Waals surface area contributed by atoms with Gasteiger partial charge in [-0.15, -0.1) is 0 Å². The van der Waals surface area contributed by atoms with Gasteiger partial charge in [-0.05, 0) is 21.1 Å². The molecule has 2 aromatic rings. The van der Waals surface area contributed by atoms with Crippen LogP contribution in [0.15, 0.2) is 18.6 Å². The molecule has 0 aliphatic carbocycles. The van der Waals surface area contributed by atoms with Gasteiger partial charge in [0, 0.05) is 26.0 Å². The fourth-order valence-corrected chi connectivity index (χ4v) is 2.34. The largest absolute Gasteiger partial charge is 0.493 e. The van der Waals surface area contributed by atoms with E-state index in [9.17, 15) is 0 Å². The molecule has 7 nitrogen and oxygen atoms in total. The van der Waals surface area contributed by atoms with Crippen molar-refractivity contribution in [3.05, 3.63) is 30.1 Å². The minimum Gasteiger partial charge on any atom is -0.493 e. The molecular formula is C14H24N6O. The molecule has 0 bridgehead atoms. The maximum Gasteiger partial charge on any atom is 0.162 e. The zero-order valence-corrected chi connectivity index (χ0v) is 13.4. The SMILES string of the molecule is CNC(c1nccn1C)c1c(OC)cnn1CCN(C)C. The smallest absolute Gasteiger partial charge is 0.162 e. The molecular weight excluding hydrogens is 268 g/mol. The summed E-state index contributed by atoms with van der Waals surface area (Å²) in [5.74, 6) is 1.71. The van der Waals surface area contributed by atoms with Crippen molar-refractivity contribution in [3.8, 4) is 5.75 Å². The molecule has 0 radical (unpaired) electrons. The number of imidazole rings is 1. The van der Waals surface area contributed by atoms with Crippen LogP contribution >= 0.6 is 0 Å². The summed E-state index contributed by atoms with van der Waals surface area (Å²) in [6.07, 6.45) is 5.50. The third-order valence-corrected chi connectivity index (χ3v) is 3.50. The molecule has 0 fully saturated rings. The Hall–Kier alpha value is -1.86. The number of aromatic nitrogens is 4. The topological polar surface area (TPSA) is 60.1 Å². The zero-order valence-electron chi connectivity index (χ0n) is 13.4. The Morgan fingerprint density at radius 1 is 1.43 bits per heavy atom. The van der Waals surface area contributed by atoms with E-state index in [0.29, 0.717) is 0 Å². The number of nitrogens with zero attached hydrogens (tertiary/aromatic N) is 5. The lowest BCUT2D eigenvalue weighted by Gasteiger charge is -2.20. The Morgan fingerprint density at radius 3 is 2.71 bits per heavy atom. The van der Waals surface area contributed by atoms with Gasteiger partial charge >= 0.3 is 0 Å². The van der Waals surface area contributed by atoms with E-state index in [1.165, 1.54) is 0 Å². The molecule has 1 N–H and O–H groups in total. The van der Waals surface area contributed by atoms with Crippen LogP contribution in [0.25, 0.3) is 0 Å². The predicted octanol–water partition coefficient (Wildman–Crippen LogP) is 0.496. The van der Waals surface area contributed by atoms with Crippen LogP contribution in [-0.4, -0.2) is 59.0 Å². The highest BCUT2D eigenvalue weighted by molar-refractivity contribution is 5.32. The maximum atomic E-state index is 5.48. The maximum absolute atomic E-state index is 5.48. The second-order valence-electron chi connectivity index (χ2n) is 5.24. The first-order valence-electron chi connectivity index (χ1n) is 6.97. The average Bonchev–Trinajstić information content (AvgIpc) is 3.05. The van der Waals surface area contributed by atoms with Crippen LogP contribution in [0.4, 0.5) is 0 Å². The van der Waals surface area contributed by atoms with Crippen molar-refractivity contribution in [2.75, 3.05) is 34.8 Å². The fraction of sp³-hybridized carbons (Fsp3) is 0.571. The Kier molecular flexibility index (Phi) is 4.98. The first kappa shape index (κ1) is 15.5. The molecule has 0 aromatic carbocycles. The molecule has 0 aliphatic heterocycles. The molecule has 1 atom stereocenters. The number of aryl methyl sites for hydroxylation is 1. The quantitative estimate of drug-likeness (QED) is 0.805. The van der Waals surface area contributed by atoms with E-state index in [4.69, 9.17) is 4.74 Å². The third kappa shape index (κ3) is 3.25. The van der Waals surface area contributed by atoms with Gasteiger partial charge in [0.1, 0.15) is 17.6 Å². The lowest BCUT2D eigenvalue weighted by molar-refractivity contribution is 0.359. The van der Waals surface area contributed by atoms with Crippen molar-refractivity contribution in [1.82, 2.24) is 29.5 Å². The summed E-state index contributed by atoms with van der Waals surface area (Å²) in [5, 5.41) is 7.77. The highest BCUT2D eigenvalue weighted by Gasteiger charge is 2.25. The van der Waals surface area contributed by atoms with Gasteiger partial charge < -0.3 is 19.5 Å². The van der Waals surface area contributed by atoms with E-state index in [1.54, 1.807) is 19.5 Å². The van der Waals surface area contributed by atoms with E-state index < -0.39 is 0 Å². The summed E-state index contributed by atoms with van der Waals surface area (Å²) in [6, 6.07) is -0.0652. The summed E-state index contributed by atoms with van der Waals surface area (Å²) in [6.45, 7) is 1.71. The Bertz CT molecular complexity index is 574. The number of hydrogen-bond donors (Lipinski definition) is 1. The summed E-state index contributed by atoms with van der Waals surface area (Å²) < 4.78 is 9.46. The summed E-state index contributed by atoms with van der Waals surface area (Å²) in [4.78, 5) is 6.58. The third-order valence-electron chi connectivity index (χ3n) is 3.50. The summed E-state index contributed by atoms with van der Waals surface area (Å²) in [7, 11) is 9.67. The van der Waals surface area contributed by atoms with E-state index in [1.807, 2.05) is 29.5 Å². The standard InChI is InChI=1S/C14H24N6O/c1-15-12(14-16-6-7-19(14)4)13-11(21-5)10-17-20(13)9-8-18(2)3/h6-7,10,12,15H,8-9H2,1-5H3. The molecule has 0 aliphatic rings. The van der Waals surface area contributed by atoms with Crippen molar-refractivity contribution in [1.29, 1.82) is 0 Å². The van der Waals surface area contributed by atoms with Crippen LogP contribution in [0, 0.1) is 0 Å². The van der Waals surface area contributed by atoms with Crippen molar-refractivity contribution < 1.29 is 4.74 Å². The molecule has 21 heavy (non-hydrogen) atoms. The highest BCUT2D eigenvalue weighted by atomic mass is 16.5. The molecule has 0 amide bonds. The monoisotopic (exact) mass is 292 g/mol. The Balaban J connectivity index is 2.39. The van der Waals surface area contributed by atoms with Crippen LogP contribution in [0.5, 0.6) is 5.75 Å². The molecule has 1 unspecified atom stereocenters. The predicted molar refractivity (Wildman–Crippen MR) is 81.4 cm³/mol. The summed E-state index contributed by atoms with van der Waals surface area (Å²) >= 11 is 0. The average molecular weight is 292 g/mol. The lowest BCUT2D eigenvalue weighted by Crippen LogP contribution is -2.27. The van der Waals surface area contributed by atoms with Crippen molar-refractivity contribution in [2.24, 2.45) is 7.05 Å². The summed E-state index contributed by atoms with van der Waals surface area (Å²) in [5.41, 5.74) is 0.996. The number of methoxy groups -OCH3 is 1. The first-order chi connectivity index (χ1) is 10.1. The van der Waals surface area contributed by atoms with Gasteiger partial charge in [0.05, 0.1) is 19.9 Å². The second kappa shape index (κ2) is 6.73. The Labute approximate surface area is 125 Å². The van der Waals surface area contributed by atoms with Gasteiger partial charge in [0.25, 0.3) is 0 Å². The van der Waals surface area contributed by atoms with E-state index in [-0.39, 0.29) is 6.04 Å². The van der Waals surface area contributed by atoms with Crippen molar-refractivity contribution in [2.45, 2.75) is 12.6 Å². The first-order valence-corrected chi connectivity index (χ1v) is 6.97. The van der Waals surface area contributed by atoms with Crippen molar-refractivity contribution in [3.63, 3.8) is 0 Å². The lowest BCUT2D eigenvalue weighted by atomic mass is 10.1. The van der Waals surface area contributed by atoms with Gasteiger partial charge in [-0.3, -0.25) is 4.68 Å². The van der Waals surface area contributed by atoms with Gasteiger partial charge in [0.15, 0.2) is 5.75 Å². The van der Waals surface area contributed by atoms with Gasteiger partial charge in [0.2, 0.25) is 0 Å². The van der Waals surface area contributed by atoms with Gasteiger partial charge in [-0.1, -0.05) is 0 Å². The zero-order chi connectivity index (χ0) is 15.4. The molecule has 2 aromatic heterocycles.